The molecule has 3 aromatic heterocycles. The molecular weight excluding hydrogens is 1660 g/mol. The van der Waals surface area contributed by atoms with Gasteiger partial charge in [-0.3, -0.25) is 66.6 Å². The number of anilines is 3. The van der Waals surface area contributed by atoms with Gasteiger partial charge in [0, 0.05) is 111 Å². The number of esters is 1. The Labute approximate surface area is 679 Å². The lowest BCUT2D eigenvalue weighted by molar-refractivity contribution is -0.192. The summed E-state index contributed by atoms with van der Waals surface area (Å²) < 4.78 is 75.9. The monoisotopic (exact) mass is 1750 g/mol. The Balaban J connectivity index is 0.000000378. The van der Waals surface area contributed by atoms with Crippen molar-refractivity contribution in [3.63, 3.8) is 0 Å². The summed E-state index contributed by atoms with van der Waals surface area (Å²) in [5.41, 5.74) is 11.3. The number of rotatable bonds is 36. The zero-order chi connectivity index (χ0) is 89.5. The number of aromatic nitrogens is 3. The highest BCUT2D eigenvalue weighted by atomic mass is 32.2. The van der Waals surface area contributed by atoms with E-state index in [-0.39, 0.29) is 128 Å². The third-order valence-electron chi connectivity index (χ3n) is 18.1. The van der Waals surface area contributed by atoms with E-state index in [9.17, 15) is 88.8 Å². The van der Waals surface area contributed by atoms with E-state index in [4.69, 9.17) is 70.3 Å². The molecule has 5 aliphatic heterocycles. The Bertz CT molecular complexity index is 4630. The number of nitrogens with zero attached hydrogens (tertiary/aromatic N) is 11. The Morgan fingerprint density at radius 3 is 1.41 bits per heavy atom. The van der Waals surface area contributed by atoms with E-state index in [0.29, 0.717) is 27.5 Å². The van der Waals surface area contributed by atoms with Crippen LogP contribution < -0.4 is 22.5 Å². The third kappa shape index (κ3) is 27.0. The Hall–Kier alpha value is -11.1. The summed E-state index contributed by atoms with van der Waals surface area (Å²) in [4.78, 5) is 223. The number of methoxy groups -OCH3 is 2. The van der Waals surface area contributed by atoms with E-state index in [0.717, 1.165) is 40.4 Å². The molecule has 0 unspecified atom stereocenters. The van der Waals surface area contributed by atoms with Crippen LogP contribution >= 0.6 is 34.0 Å². The number of hydrogen-bond acceptors (Lipinski definition) is 39. The van der Waals surface area contributed by atoms with Gasteiger partial charge in [-0.15, -0.1) is 0 Å². The summed E-state index contributed by atoms with van der Waals surface area (Å²) in [6, 6.07) is -1.31. The maximum atomic E-state index is 12.7. The quantitative estimate of drug-likeness (QED) is 0.0107. The highest BCUT2D eigenvalue weighted by molar-refractivity contribution is 7.84. The molecule has 8 rings (SSSR count). The normalized spacial score (nSPS) is 20.9. The van der Waals surface area contributed by atoms with Gasteiger partial charge in [0.15, 0.2) is 66.9 Å². The topological polar surface area (TPSA) is 697 Å². The van der Waals surface area contributed by atoms with Crippen LogP contribution in [-0.2, 0) is 131 Å². The lowest BCUT2D eigenvalue weighted by Gasteiger charge is -2.52. The molecule has 12 N–H and O–H groups in total. The minimum atomic E-state index is -4.66. The van der Waals surface area contributed by atoms with Crippen molar-refractivity contribution in [2.45, 2.75) is 154 Å². The Kier molecular flexibility index (Phi) is 36.5. The summed E-state index contributed by atoms with van der Waals surface area (Å²) in [6.45, 7) is 12.0. The van der Waals surface area contributed by atoms with E-state index in [1.54, 1.807) is 30.9 Å². The van der Waals surface area contributed by atoms with Crippen molar-refractivity contribution in [3.8, 4) is 0 Å². The predicted molar refractivity (Wildman–Crippen MR) is 404 cm³/mol. The molecule has 47 nitrogen and oxygen atoms in total. The molecule has 6 amide bonds. The van der Waals surface area contributed by atoms with Crippen LogP contribution in [-0.4, -0.2) is 300 Å². The number of carboxylic acids is 3. The van der Waals surface area contributed by atoms with Gasteiger partial charge >= 0.3 is 50.6 Å². The smallest absolute Gasteiger partial charge is 0.373 e. The number of Topliss-reactive ketones (excluding diaryl/α,β-unsaturated/α-hetero) is 5. The molecule has 8 heterocycles. The summed E-state index contributed by atoms with van der Waals surface area (Å²) in [5.74, 6) is -10.6. The summed E-state index contributed by atoms with van der Waals surface area (Å²) >= 11 is 3.03. The SMILES string of the molecule is CC(=O)OC[C@@H]1[C@H](CC(=O)/C(=N\OCC(=O)O)c2cnc(N)s2)C(=O)N1C.CCCCC(=O)N[C@H](C)C(=O)C[C@@]1(OC)CN(S(=O)(=O)O)C1=O.CN1C(=O)[C@@H](CC(=O)/C(=N\OCC(=O)O)c2cnc(N)s2)C1(C)C.CO[C@]1(CC(C)=O)CN(S(=O)(=O)O)C1=O.C[C@H]1[C@H](CC(=O)/C(=N\OC(C)(C)C(=O)O)c2cnc(N)s2)C(=O)N1C.O=C=O. The molecule has 0 spiro atoms. The van der Waals surface area contributed by atoms with Gasteiger partial charge in [-0.05, 0) is 54.9 Å². The number of aliphatic carboxylic acids is 3. The fraction of sp³-hybridized carbons (Fsp3) is 0.569. The molecule has 117 heavy (non-hydrogen) atoms. The lowest BCUT2D eigenvalue weighted by atomic mass is 9.73. The number of amides is 6. The summed E-state index contributed by atoms with van der Waals surface area (Å²) in [5, 5.41) is 40.5. The van der Waals surface area contributed by atoms with Gasteiger partial charge in [0.1, 0.15) is 12.4 Å². The lowest BCUT2D eigenvalue weighted by Crippen LogP contribution is -2.69. The number of unbranched alkanes of at least 4 members (excludes halogenated alkanes) is 1. The second-order valence-corrected chi connectivity index (χ2v) is 32.8. The zero-order valence-electron chi connectivity index (χ0n) is 65.3. The average molecular weight is 1750 g/mol. The number of carboxylic acid groups (broad SMARTS) is 3. The highest BCUT2D eigenvalue weighted by Crippen LogP contribution is 2.39. The first-order valence-corrected chi connectivity index (χ1v) is 39.4. The molecule has 8 atom stereocenters. The minimum Gasteiger partial charge on any atom is -0.479 e. The van der Waals surface area contributed by atoms with Crippen molar-refractivity contribution in [1.82, 2.24) is 43.6 Å². The third-order valence-corrected chi connectivity index (χ3v) is 22.3. The largest absolute Gasteiger partial charge is 0.479 e. The van der Waals surface area contributed by atoms with Crippen LogP contribution in [0.4, 0.5) is 15.4 Å². The summed E-state index contributed by atoms with van der Waals surface area (Å²) in [6.07, 6.45) is 5.26. The van der Waals surface area contributed by atoms with Crippen molar-refractivity contribution >= 4 is 182 Å². The molecule has 5 fully saturated rings. The fourth-order valence-electron chi connectivity index (χ4n) is 10.8. The van der Waals surface area contributed by atoms with Crippen LogP contribution in [0.1, 0.15) is 128 Å². The molecule has 0 aromatic carbocycles. The van der Waals surface area contributed by atoms with Crippen molar-refractivity contribution in [2.24, 2.45) is 33.2 Å². The number of carbonyl (C=O) groups is 15. The molecule has 0 saturated carbocycles. The van der Waals surface area contributed by atoms with E-state index >= 15 is 0 Å². The number of ketones is 5. The van der Waals surface area contributed by atoms with Crippen molar-refractivity contribution in [3.05, 3.63) is 33.2 Å². The maximum absolute atomic E-state index is 12.7. The number of carbonyl (C=O) groups excluding carboxylic acids is 14. The molecule has 5 aliphatic rings. The van der Waals surface area contributed by atoms with E-state index < -0.39 is 151 Å². The number of nitrogens with two attached hydrogens (primary N) is 3. The van der Waals surface area contributed by atoms with Crippen molar-refractivity contribution in [2.75, 3.05) is 85.5 Å². The summed E-state index contributed by atoms with van der Waals surface area (Å²) in [7, 11) is -1.91. The maximum Gasteiger partial charge on any atom is 0.373 e. The number of nitrogens with one attached hydrogen (secondary N) is 1. The molecular formula is C65H89N15O32S5. The van der Waals surface area contributed by atoms with Gasteiger partial charge in [0.05, 0.1) is 57.6 Å². The molecule has 0 bridgehead atoms. The number of oxime groups is 3. The number of ether oxygens (including phenoxy) is 3. The molecule has 5 saturated heterocycles. The zero-order valence-corrected chi connectivity index (χ0v) is 69.4. The number of likely N-dealkylation sites (tertiary alicyclic amines) is 3. The fourth-order valence-corrected chi connectivity index (χ4v) is 14.4. The second-order valence-electron chi connectivity index (χ2n) is 26.9. The Morgan fingerprint density at radius 1 is 0.667 bits per heavy atom. The van der Waals surface area contributed by atoms with E-state index in [1.165, 1.54) is 72.3 Å². The first-order valence-electron chi connectivity index (χ1n) is 34.1. The molecule has 52 heteroatoms. The first-order chi connectivity index (χ1) is 54.1. The molecule has 0 radical (unpaired) electrons. The van der Waals surface area contributed by atoms with E-state index in [2.05, 4.69) is 45.4 Å². The van der Waals surface area contributed by atoms with Gasteiger partial charge in [0.2, 0.25) is 42.4 Å². The number of nitrogen functional groups attached to an aromatic ring is 3. The van der Waals surface area contributed by atoms with Crippen molar-refractivity contribution in [1.29, 1.82) is 0 Å². The van der Waals surface area contributed by atoms with Crippen molar-refractivity contribution < 1.29 is 151 Å². The number of hydrogen-bond donors (Lipinski definition) is 9. The second kappa shape index (κ2) is 42.7. The van der Waals surface area contributed by atoms with Gasteiger partial charge in [-0.1, -0.05) is 62.8 Å². The average Bonchev–Trinajstić information content (AvgIpc) is 0.890. The van der Waals surface area contributed by atoms with Crippen LogP contribution in [0.3, 0.4) is 0 Å². The molecule has 0 aliphatic carbocycles. The highest BCUT2D eigenvalue weighted by Gasteiger charge is 2.60. The predicted octanol–water partition coefficient (Wildman–Crippen LogP) is -1.31. The van der Waals surface area contributed by atoms with Crippen LogP contribution in [0.5, 0.6) is 0 Å². The number of thiazole rings is 3. The van der Waals surface area contributed by atoms with Crippen LogP contribution in [0.15, 0.2) is 34.1 Å². The van der Waals surface area contributed by atoms with Crippen LogP contribution in [0.25, 0.3) is 0 Å². The first kappa shape index (κ1) is 100. The number of β-lactam (4-membered cyclic amide) rings is 5. The van der Waals surface area contributed by atoms with Gasteiger partial charge in [0.25, 0.3) is 11.8 Å². The van der Waals surface area contributed by atoms with Crippen LogP contribution in [0, 0.1) is 17.8 Å². The van der Waals surface area contributed by atoms with Gasteiger partial charge in [-0.25, -0.2) is 37.9 Å². The molecule has 3 aromatic rings. The molecule has 646 valence electrons. The van der Waals surface area contributed by atoms with Gasteiger partial charge in [-0.2, -0.15) is 26.4 Å². The number of likely N-dealkylation sites (N-methyl/N-ethyl adjacent to an activating group) is 1. The van der Waals surface area contributed by atoms with Gasteiger partial charge < -0.3 is 81.3 Å². The minimum absolute atomic E-state index is 0.0228. The van der Waals surface area contributed by atoms with Crippen LogP contribution in [0.2, 0.25) is 0 Å². The van der Waals surface area contributed by atoms with E-state index in [1.807, 2.05) is 27.7 Å². The Morgan fingerprint density at radius 2 is 1.07 bits per heavy atom. The standard InChI is InChI=1S/C15H18N4O7S.C15H20N4O5S.C14H18N4O5S.C13H22N2O7S.C7H11NO6S.CO2/c1-7(20)25-5-9-8(14(24)19(9)2)3-10(21)13(18-26-6-12(22)23)11-4-17-15(16)27-11;1-7-8(12(21)19(7)4)5-9(20)11(10-6-17-14(16)25-10)18-24-15(2,3)13(22)23;1-14(2)7(12(22)18(14)3)4-8(19)11(17-23-6-10(20)21)9-5-16-13(15)24-9;1-4-5-6-11(17)14-9(2)10(16)7-13(22-3)8-15(12(13)18)23(19,20)21;1-5(9)3-7(14-2)4-8(6(7)10)15(11,12)13;2-1-3/h4,8-9H,3,5-6H2,1-2H3,(H2,16,17)(H,22,23);6-8H,5H2,1-4H3,(H2,16,17)(H,22,23);5,7H,4,6H2,1-3H3,(H2,15,16)(H,20,21);9H,4-8H2,1-3H3,(H,14,17)(H,19,20,21);3-4H2,1-2H3,(H,11,12,13);/b18-13+;18-11+;17-11+;;;/t8-,9+;7-,8-;7-;9-,13-;7-;/m00111./s1.